The molecule has 1 atom stereocenters. The zero-order valence-corrected chi connectivity index (χ0v) is 20.0. The minimum absolute atomic E-state index is 0.0943. The van der Waals surface area contributed by atoms with E-state index < -0.39 is 0 Å². The second-order valence-electron chi connectivity index (χ2n) is 8.85. The molecule has 6 nitrogen and oxygen atoms in total. The van der Waals surface area contributed by atoms with Crippen LogP contribution in [0.25, 0.3) is 0 Å². The van der Waals surface area contributed by atoms with Crippen molar-refractivity contribution < 1.29 is 19.2 Å². The van der Waals surface area contributed by atoms with E-state index in [0.29, 0.717) is 12.3 Å². The lowest BCUT2D eigenvalue weighted by atomic mass is 10.1. The summed E-state index contributed by atoms with van der Waals surface area (Å²) in [5.74, 6) is 0.559. The van der Waals surface area contributed by atoms with E-state index in [1.807, 2.05) is 48.5 Å². The van der Waals surface area contributed by atoms with Crippen molar-refractivity contribution in [2.75, 3.05) is 42.6 Å². The lowest BCUT2D eigenvalue weighted by Crippen LogP contribution is -3.19. The third-order valence-corrected chi connectivity index (χ3v) is 6.85. The number of halogens is 1. The maximum atomic E-state index is 13.2. The fraction of sp³-hybridized carbons (Fsp3) is 0.462. The Balaban J connectivity index is 1.32. The largest absolute Gasteiger partial charge is 0.494 e. The van der Waals surface area contributed by atoms with Gasteiger partial charge in [0.25, 0.3) is 5.91 Å². The first-order chi connectivity index (χ1) is 16.1. The molecule has 4 rings (SSSR count). The number of amides is 2. The molecule has 0 unspecified atom stereocenters. The number of nitrogens with one attached hydrogen (secondary N) is 1. The standard InChI is InChI=1S/C26H32ClN3O3/c1-2-3-4-5-18-33-23-12-10-22(11-13-23)30-25(31)19-24(26(30)32)29-16-14-28(15-17-29)21-8-6-20(27)7-9-21/h6-13,24H,2-5,14-19H2,1H3/p+1/t24-/m0/s1. The Morgan fingerprint density at radius 3 is 2.27 bits per heavy atom. The number of carbonyl (C=O) groups is 2. The number of unbranched alkanes of at least 4 members (excludes halogenated alkanes) is 3. The van der Waals surface area contributed by atoms with Crippen molar-refractivity contribution in [2.45, 2.75) is 45.1 Å². The Kier molecular flexibility index (Phi) is 7.89. The lowest BCUT2D eigenvalue weighted by Gasteiger charge is -2.35. The molecule has 0 radical (unpaired) electrons. The summed E-state index contributed by atoms with van der Waals surface area (Å²) in [6.45, 7) is 6.22. The van der Waals surface area contributed by atoms with E-state index in [1.54, 1.807) is 0 Å². The van der Waals surface area contributed by atoms with Gasteiger partial charge in [0.05, 0.1) is 44.9 Å². The molecule has 33 heavy (non-hydrogen) atoms. The molecule has 0 saturated carbocycles. The molecule has 0 aliphatic carbocycles. The van der Waals surface area contributed by atoms with E-state index in [2.05, 4.69) is 11.8 Å². The minimum atomic E-state index is -0.306. The monoisotopic (exact) mass is 470 g/mol. The minimum Gasteiger partial charge on any atom is -0.494 e. The highest BCUT2D eigenvalue weighted by Gasteiger charge is 2.46. The van der Waals surface area contributed by atoms with Crippen LogP contribution in [0.3, 0.4) is 0 Å². The molecule has 2 heterocycles. The molecule has 0 spiro atoms. The van der Waals surface area contributed by atoms with Crippen molar-refractivity contribution in [3.8, 4) is 5.75 Å². The summed E-state index contributed by atoms with van der Waals surface area (Å²) in [4.78, 5) is 30.8. The van der Waals surface area contributed by atoms with Crippen LogP contribution < -0.4 is 19.4 Å². The van der Waals surface area contributed by atoms with Crippen LogP contribution in [0.5, 0.6) is 5.75 Å². The number of anilines is 2. The average Bonchev–Trinajstić information content (AvgIpc) is 3.14. The van der Waals surface area contributed by atoms with Gasteiger partial charge in [-0.05, 0) is 55.0 Å². The quantitative estimate of drug-likeness (QED) is 0.451. The Morgan fingerprint density at radius 2 is 1.61 bits per heavy atom. The van der Waals surface area contributed by atoms with E-state index in [-0.39, 0.29) is 24.3 Å². The van der Waals surface area contributed by atoms with E-state index in [9.17, 15) is 9.59 Å². The second-order valence-corrected chi connectivity index (χ2v) is 9.29. The van der Waals surface area contributed by atoms with Crippen LogP contribution in [0.4, 0.5) is 11.4 Å². The number of carbonyl (C=O) groups excluding carboxylic acids is 2. The number of quaternary nitrogens is 1. The number of imide groups is 1. The molecule has 2 aromatic rings. The van der Waals surface area contributed by atoms with Gasteiger partial charge in [0, 0.05) is 10.7 Å². The zero-order chi connectivity index (χ0) is 23.2. The summed E-state index contributed by atoms with van der Waals surface area (Å²) in [5, 5.41) is 0.727. The van der Waals surface area contributed by atoms with Crippen molar-refractivity contribution >= 4 is 34.8 Å². The summed E-state index contributed by atoms with van der Waals surface area (Å²) in [7, 11) is 0. The van der Waals surface area contributed by atoms with Gasteiger partial charge in [0.1, 0.15) is 5.75 Å². The predicted molar refractivity (Wildman–Crippen MR) is 131 cm³/mol. The number of hydrogen-bond acceptors (Lipinski definition) is 4. The third kappa shape index (κ3) is 5.68. The zero-order valence-electron chi connectivity index (χ0n) is 19.3. The van der Waals surface area contributed by atoms with Gasteiger partial charge < -0.3 is 14.5 Å². The van der Waals surface area contributed by atoms with Crippen molar-refractivity contribution in [2.24, 2.45) is 0 Å². The fourth-order valence-corrected chi connectivity index (χ4v) is 4.81. The summed E-state index contributed by atoms with van der Waals surface area (Å²) in [6.07, 6.45) is 4.90. The van der Waals surface area contributed by atoms with Gasteiger partial charge in [-0.15, -0.1) is 0 Å². The van der Waals surface area contributed by atoms with Crippen LogP contribution in [0, 0.1) is 0 Å². The van der Waals surface area contributed by atoms with Crippen LogP contribution in [-0.4, -0.2) is 50.6 Å². The summed E-state index contributed by atoms with van der Waals surface area (Å²) in [5.41, 5.74) is 1.77. The Bertz CT molecular complexity index is 940. The van der Waals surface area contributed by atoms with E-state index in [4.69, 9.17) is 16.3 Å². The van der Waals surface area contributed by atoms with Gasteiger partial charge >= 0.3 is 0 Å². The topological polar surface area (TPSA) is 54.3 Å². The fourth-order valence-electron chi connectivity index (χ4n) is 4.68. The van der Waals surface area contributed by atoms with Crippen molar-refractivity contribution in [3.63, 3.8) is 0 Å². The molecule has 2 aliphatic rings. The van der Waals surface area contributed by atoms with E-state index in [0.717, 1.165) is 49.1 Å². The highest BCUT2D eigenvalue weighted by atomic mass is 35.5. The summed E-state index contributed by atoms with van der Waals surface area (Å²) in [6, 6.07) is 14.9. The third-order valence-electron chi connectivity index (χ3n) is 6.60. The molecule has 2 amide bonds. The normalized spacial score (nSPS) is 19.4. The second kappa shape index (κ2) is 11.0. The van der Waals surface area contributed by atoms with Crippen LogP contribution in [0.2, 0.25) is 5.02 Å². The van der Waals surface area contributed by atoms with E-state index >= 15 is 0 Å². The molecular weight excluding hydrogens is 438 g/mol. The Morgan fingerprint density at radius 1 is 0.939 bits per heavy atom. The molecule has 176 valence electrons. The molecule has 1 N–H and O–H groups in total. The average molecular weight is 471 g/mol. The summed E-state index contributed by atoms with van der Waals surface area (Å²) >= 11 is 6.00. The van der Waals surface area contributed by atoms with E-state index in [1.165, 1.54) is 29.1 Å². The molecule has 0 bridgehead atoms. The molecule has 2 fully saturated rings. The van der Waals surface area contributed by atoms with Gasteiger partial charge in [0.2, 0.25) is 5.91 Å². The van der Waals surface area contributed by atoms with Crippen LogP contribution in [-0.2, 0) is 9.59 Å². The van der Waals surface area contributed by atoms with Gasteiger partial charge in [-0.2, -0.15) is 0 Å². The maximum absolute atomic E-state index is 13.2. The van der Waals surface area contributed by atoms with Gasteiger partial charge in [-0.25, -0.2) is 4.90 Å². The number of hydrogen-bond donors (Lipinski definition) is 1. The number of piperazine rings is 1. The first-order valence-corrected chi connectivity index (χ1v) is 12.4. The van der Waals surface area contributed by atoms with Crippen LogP contribution in [0.1, 0.15) is 39.0 Å². The molecule has 2 aromatic carbocycles. The van der Waals surface area contributed by atoms with Gasteiger partial charge in [-0.3, -0.25) is 9.59 Å². The van der Waals surface area contributed by atoms with Crippen molar-refractivity contribution in [3.05, 3.63) is 53.6 Å². The summed E-state index contributed by atoms with van der Waals surface area (Å²) < 4.78 is 5.79. The maximum Gasteiger partial charge on any atom is 0.292 e. The number of nitrogens with zero attached hydrogens (tertiary/aromatic N) is 2. The first kappa shape index (κ1) is 23.6. The molecule has 0 aromatic heterocycles. The number of rotatable bonds is 9. The predicted octanol–water partition coefficient (Wildman–Crippen LogP) is 3.34. The van der Waals surface area contributed by atoms with Crippen LogP contribution >= 0.6 is 11.6 Å². The first-order valence-electron chi connectivity index (χ1n) is 12.0. The smallest absolute Gasteiger partial charge is 0.292 e. The van der Waals surface area contributed by atoms with Crippen LogP contribution in [0.15, 0.2) is 48.5 Å². The SMILES string of the molecule is CCCCCCOc1ccc(N2C(=O)C[C@H]([NH+]3CCN(c4ccc(Cl)cc4)CC3)C2=O)cc1. The molecule has 7 heteroatoms. The number of benzene rings is 2. The highest BCUT2D eigenvalue weighted by Crippen LogP contribution is 2.25. The van der Waals surface area contributed by atoms with Crippen molar-refractivity contribution in [1.82, 2.24) is 0 Å². The molecular formula is C26H33ClN3O3+. The van der Waals surface area contributed by atoms with Crippen molar-refractivity contribution in [1.29, 1.82) is 0 Å². The Labute approximate surface area is 201 Å². The molecule has 2 aliphatic heterocycles. The van der Waals surface area contributed by atoms with Gasteiger partial charge in [0.15, 0.2) is 6.04 Å². The Hall–Kier alpha value is -2.57. The highest BCUT2D eigenvalue weighted by molar-refractivity contribution is 6.30. The lowest BCUT2D eigenvalue weighted by molar-refractivity contribution is -0.915. The molecule has 2 saturated heterocycles. The number of ether oxygens (including phenoxy) is 1. The van der Waals surface area contributed by atoms with Gasteiger partial charge in [-0.1, -0.05) is 37.8 Å².